The molecule has 19 heavy (non-hydrogen) atoms. The quantitative estimate of drug-likeness (QED) is 0.832. The Morgan fingerprint density at radius 1 is 1.26 bits per heavy atom. The number of aromatic nitrogens is 2. The van der Waals surface area contributed by atoms with E-state index < -0.39 is 0 Å². The van der Waals surface area contributed by atoms with Crippen molar-refractivity contribution >= 4 is 17.5 Å². The molecule has 0 fully saturated rings. The van der Waals surface area contributed by atoms with Crippen LogP contribution in [0, 0.1) is 6.92 Å². The van der Waals surface area contributed by atoms with Crippen molar-refractivity contribution in [2.24, 2.45) is 0 Å². The number of hydrogen-bond donors (Lipinski definition) is 1. The zero-order chi connectivity index (χ0) is 13.7. The lowest BCUT2D eigenvalue weighted by Crippen LogP contribution is -2.13. The minimum atomic E-state index is 0.623. The fourth-order valence-corrected chi connectivity index (χ4v) is 1.75. The predicted molar refractivity (Wildman–Crippen MR) is 80.0 cm³/mol. The average molecular weight is 254 g/mol. The van der Waals surface area contributed by atoms with Crippen LogP contribution < -0.4 is 10.2 Å². The highest BCUT2D eigenvalue weighted by Crippen LogP contribution is 2.22. The first-order chi connectivity index (χ1) is 9.20. The van der Waals surface area contributed by atoms with E-state index in [-0.39, 0.29) is 0 Å². The summed E-state index contributed by atoms with van der Waals surface area (Å²) in [6, 6.07) is 12.1. The first-order valence-corrected chi connectivity index (χ1v) is 6.20. The van der Waals surface area contributed by atoms with E-state index in [1.54, 1.807) is 6.08 Å². The lowest BCUT2D eigenvalue weighted by atomic mass is 10.3. The molecule has 0 unspecified atom stereocenters. The third-order valence-corrected chi connectivity index (χ3v) is 2.73. The van der Waals surface area contributed by atoms with E-state index in [4.69, 9.17) is 0 Å². The summed E-state index contributed by atoms with van der Waals surface area (Å²) in [4.78, 5) is 10.9. The molecular formula is C15H18N4. The number of anilines is 3. The van der Waals surface area contributed by atoms with Gasteiger partial charge in [-0.2, -0.15) is 4.98 Å². The molecule has 0 amide bonds. The molecule has 0 bridgehead atoms. The van der Waals surface area contributed by atoms with Gasteiger partial charge in [-0.25, -0.2) is 4.98 Å². The van der Waals surface area contributed by atoms with Crippen LogP contribution in [-0.2, 0) is 0 Å². The molecule has 0 aliphatic heterocycles. The van der Waals surface area contributed by atoms with Gasteiger partial charge in [0.2, 0.25) is 5.95 Å². The molecule has 98 valence electrons. The van der Waals surface area contributed by atoms with Gasteiger partial charge in [0, 0.05) is 31.0 Å². The summed E-state index contributed by atoms with van der Waals surface area (Å²) < 4.78 is 0. The molecule has 0 saturated carbocycles. The molecule has 1 N–H and O–H groups in total. The molecule has 2 rings (SSSR count). The van der Waals surface area contributed by atoms with Crippen LogP contribution in [-0.4, -0.2) is 23.6 Å². The second-order valence-corrected chi connectivity index (χ2v) is 4.26. The van der Waals surface area contributed by atoms with Gasteiger partial charge in [-0.05, 0) is 19.1 Å². The summed E-state index contributed by atoms with van der Waals surface area (Å²) in [5.74, 6) is 1.49. The van der Waals surface area contributed by atoms with E-state index in [9.17, 15) is 0 Å². The van der Waals surface area contributed by atoms with Gasteiger partial charge in [0.1, 0.15) is 5.82 Å². The summed E-state index contributed by atoms with van der Waals surface area (Å²) in [6.07, 6.45) is 1.78. The summed E-state index contributed by atoms with van der Waals surface area (Å²) in [6.45, 7) is 6.29. The first-order valence-electron chi connectivity index (χ1n) is 6.20. The monoisotopic (exact) mass is 254 g/mol. The maximum absolute atomic E-state index is 4.50. The second-order valence-electron chi connectivity index (χ2n) is 4.26. The molecule has 0 spiro atoms. The van der Waals surface area contributed by atoms with Crippen molar-refractivity contribution in [2.75, 3.05) is 23.8 Å². The van der Waals surface area contributed by atoms with Crippen molar-refractivity contribution < 1.29 is 0 Å². The topological polar surface area (TPSA) is 41.1 Å². The van der Waals surface area contributed by atoms with E-state index in [0.29, 0.717) is 12.5 Å². The molecule has 0 radical (unpaired) electrons. The molecule has 0 atom stereocenters. The number of hydrogen-bond acceptors (Lipinski definition) is 4. The normalized spacial score (nSPS) is 10.0. The minimum absolute atomic E-state index is 0.623. The fraction of sp³-hybridized carbons (Fsp3) is 0.200. The number of para-hydroxylation sites is 1. The van der Waals surface area contributed by atoms with Gasteiger partial charge in [0.25, 0.3) is 0 Å². The lowest BCUT2D eigenvalue weighted by Gasteiger charge is -2.19. The Labute approximate surface area is 113 Å². The Morgan fingerprint density at radius 3 is 2.68 bits per heavy atom. The SMILES string of the molecule is C=CCNc1nc(C)cc(N(C)c2ccccc2)n1. The molecule has 4 nitrogen and oxygen atoms in total. The summed E-state index contributed by atoms with van der Waals surface area (Å²) in [7, 11) is 1.99. The van der Waals surface area contributed by atoms with Crippen LogP contribution in [0.3, 0.4) is 0 Å². The van der Waals surface area contributed by atoms with Gasteiger partial charge in [-0.1, -0.05) is 24.3 Å². The zero-order valence-corrected chi connectivity index (χ0v) is 11.3. The number of aryl methyl sites for hydroxylation is 1. The van der Waals surface area contributed by atoms with Gasteiger partial charge >= 0.3 is 0 Å². The third-order valence-electron chi connectivity index (χ3n) is 2.73. The Balaban J connectivity index is 2.28. The van der Waals surface area contributed by atoms with E-state index in [1.807, 2.05) is 55.3 Å². The van der Waals surface area contributed by atoms with Crippen molar-refractivity contribution in [1.82, 2.24) is 9.97 Å². The predicted octanol–water partition coefficient (Wildman–Crippen LogP) is 3.15. The van der Waals surface area contributed by atoms with Crippen molar-refractivity contribution in [2.45, 2.75) is 6.92 Å². The minimum Gasteiger partial charge on any atom is -0.351 e. The number of nitrogens with zero attached hydrogens (tertiary/aromatic N) is 3. The molecule has 1 aromatic heterocycles. The van der Waals surface area contributed by atoms with Gasteiger partial charge in [0.15, 0.2) is 0 Å². The molecular weight excluding hydrogens is 236 g/mol. The van der Waals surface area contributed by atoms with Crippen LogP contribution in [0.2, 0.25) is 0 Å². The van der Waals surface area contributed by atoms with Gasteiger partial charge in [-0.3, -0.25) is 0 Å². The fourth-order valence-electron chi connectivity index (χ4n) is 1.75. The number of benzene rings is 1. The maximum atomic E-state index is 4.50. The van der Waals surface area contributed by atoms with Crippen LogP contribution in [0.4, 0.5) is 17.5 Å². The van der Waals surface area contributed by atoms with Gasteiger partial charge < -0.3 is 10.2 Å². The Bertz CT molecular complexity index is 551. The number of nitrogens with one attached hydrogen (secondary N) is 1. The van der Waals surface area contributed by atoms with Crippen molar-refractivity contribution in [3.63, 3.8) is 0 Å². The van der Waals surface area contributed by atoms with E-state index in [1.165, 1.54) is 0 Å². The largest absolute Gasteiger partial charge is 0.351 e. The van der Waals surface area contributed by atoms with E-state index in [0.717, 1.165) is 17.2 Å². The molecule has 0 aliphatic carbocycles. The third kappa shape index (κ3) is 3.31. The molecule has 1 aromatic carbocycles. The average Bonchev–Trinajstić information content (AvgIpc) is 2.44. The first kappa shape index (κ1) is 13.1. The summed E-state index contributed by atoms with van der Waals surface area (Å²) >= 11 is 0. The molecule has 0 saturated heterocycles. The zero-order valence-electron chi connectivity index (χ0n) is 11.3. The second kappa shape index (κ2) is 6.00. The smallest absolute Gasteiger partial charge is 0.225 e. The highest BCUT2D eigenvalue weighted by atomic mass is 15.2. The molecule has 2 aromatic rings. The van der Waals surface area contributed by atoms with Crippen LogP contribution >= 0.6 is 0 Å². The molecule has 0 aliphatic rings. The van der Waals surface area contributed by atoms with Gasteiger partial charge in [0.05, 0.1) is 0 Å². The summed E-state index contributed by atoms with van der Waals surface area (Å²) in [5.41, 5.74) is 2.02. The standard InChI is InChI=1S/C15H18N4/c1-4-10-16-15-17-12(2)11-14(18-15)19(3)13-8-6-5-7-9-13/h4-9,11H,1,10H2,2-3H3,(H,16,17,18). The molecule has 4 heteroatoms. The van der Waals surface area contributed by atoms with Gasteiger partial charge in [-0.15, -0.1) is 6.58 Å². The van der Waals surface area contributed by atoms with Crippen LogP contribution in [0.5, 0.6) is 0 Å². The summed E-state index contributed by atoms with van der Waals surface area (Å²) in [5, 5.41) is 3.11. The van der Waals surface area contributed by atoms with Crippen LogP contribution in [0.25, 0.3) is 0 Å². The molecule has 1 heterocycles. The maximum Gasteiger partial charge on any atom is 0.225 e. The number of rotatable bonds is 5. The highest BCUT2D eigenvalue weighted by molar-refractivity contribution is 5.60. The Kier molecular flexibility index (Phi) is 4.13. The van der Waals surface area contributed by atoms with Crippen molar-refractivity contribution in [1.29, 1.82) is 0 Å². The van der Waals surface area contributed by atoms with E-state index in [2.05, 4.69) is 21.9 Å². The van der Waals surface area contributed by atoms with E-state index >= 15 is 0 Å². The Hall–Kier alpha value is -2.36. The lowest BCUT2D eigenvalue weighted by molar-refractivity contribution is 1.03. The van der Waals surface area contributed by atoms with Crippen molar-refractivity contribution in [3.8, 4) is 0 Å². The van der Waals surface area contributed by atoms with Crippen molar-refractivity contribution in [3.05, 3.63) is 54.7 Å². The highest BCUT2D eigenvalue weighted by Gasteiger charge is 2.07. The Morgan fingerprint density at radius 2 is 2.00 bits per heavy atom. The van der Waals surface area contributed by atoms with Crippen LogP contribution in [0.1, 0.15) is 5.69 Å². The van der Waals surface area contributed by atoms with Crippen LogP contribution in [0.15, 0.2) is 49.1 Å².